The van der Waals surface area contributed by atoms with Crippen LogP contribution in [0.15, 0.2) is 35.5 Å². The summed E-state index contributed by atoms with van der Waals surface area (Å²) in [4.78, 5) is 26.6. The Bertz CT molecular complexity index is 424. The third-order valence-corrected chi connectivity index (χ3v) is 2.03. The average molecular weight is 233 g/mol. The van der Waals surface area contributed by atoms with E-state index in [-0.39, 0.29) is 12.2 Å². The quantitative estimate of drug-likeness (QED) is 0.444. The van der Waals surface area contributed by atoms with Gasteiger partial charge in [-0.15, -0.1) is 0 Å². The second-order valence-electron chi connectivity index (χ2n) is 3.79. The normalized spacial score (nSPS) is 11.1. The van der Waals surface area contributed by atoms with Crippen LogP contribution in [0.25, 0.3) is 0 Å². The van der Waals surface area contributed by atoms with E-state index in [2.05, 4.69) is 9.99 Å². The molecule has 0 radical (unpaired) electrons. The summed E-state index contributed by atoms with van der Waals surface area (Å²) >= 11 is 0. The van der Waals surface area contributed by atoms with E-state index in [1.807, 2.05) is 30.3 Å². The number of hydrogen-bond donors (Lipinski definition) is 0. The van der Waals surface area contributed by atoms with Gasteiger partial charge in [-0.2, -0.15) is 0 Å². The van der Waals surface area contributed by atoms with Gasteiger partial charge in [0.05, 0.1) is 5.71 Å². The van der Waals surface area contributed by atoms with E-state index >= 15 is 0 Å². The highest BCUT2D eigenvalue weighted by Gasteiger charge is 2.06. The molecule has 1 aromatic carbocycles. The molecule has 0 fully saturated rings. The number of Topliss-reactive ketones (excluding diaryl/α,β-unsaturated/α-hetero) is 1. The van der Waals surface area contributed by atoms with Gasteiger partial charge in [0.2, 0.25) is 0 Å². The summed E-state index contributed by atoms with van der Waals surface area (Å²) in [5, 5.41) is 3.55. The van der Waals surface area contributed by atoms with Crippen molar-refractivity contribution in [2.24, 2.45) is 5.16 Å². The van der Waals surface area contributed by atoms with Crippen LogP contribution in [-0.2, 0) is 20.8 Å². The Hall–Kier alpha value is -1.97. The van der Waals surface area contributed by atoms with E-state index in [9.17, 15) is 9.59 Å². The highest BCUT2D eigenvalue weighted by atomic mass is 16.7. The molecule has 0 saturated heterocycles. The lowest BCUT2D eigenvalue weighted by molar-refractivity contribution is -0.141. The van der Waals surface area contributed by atoms with Gasteiger partial charge in [-0.1, -0.05) is 35.5 Å². The Morgan fingerprint density at radius 2 is 1.82 bits per heavy atom. The molecule has 0 aliphatic rings. The summed E-state index contributed by atoms with van der Waals surface area (Å²) in [5.74, 6) is -0.440. The lowest BCUT2D eigenvalue weighted by atomic mass is 10.1. The summed E-state index contributed by atoms with van der Waals surface area (Å²) in [6.45, 7) is 2.93. The van der Waals surface area contributed by atoms with Crippen LogP contribution in [0.5, 0.6) is 0 Å². The van der Waals surface area contributed by atoms with Gasteiger partial charge < -0.3 is 4.84 Å². The molecule has 0 heterocycles. The molecule has 0 spiro atoms. The Morgan fingerprint density at radius 3 is 2.41 bits per heavy atom. The standard InChI is InChI=1S/C13H15NO3/c1-10(14-17-11(2)15)8-13(16)9-12-6-4-3-5-7-12/h3-7H,8-9H2,1-2H3. The summed E-state index contributed by atoms with van der Waals surface area (Å²) in [6, 6.07) is 9.49. The summed E-state index contributed by atoms with van der Waals surface area (Å²) in [7, 11) is 0. The molecule has 0 unspecified atom stereocenters. The third kappa shape index (κ3) is 5.61. The molecule has 4 heteroatoms. The van der Waals surface area contributed by atoms with Crippen molar-refractivity contribution in [3.8, 4) is 0 Å². The highest BCUT2D eigenvalue weighted by molar-refractivity contribution is 6.01. The smallest absolute Gasteiger partial charge is 0.319 e. The van der Waals surface area contributed by atoms with E-state index in [1.54, 1.807) is 6.92 Å². The van der Waals surface area contributed by atoms with E-state index < -0.39 is 5.97 Å². The fraction of sp³-hybridized carbons (Fsp3) is 0.308. The van der Waals surface area contributed by atoms with Gasteiger partial charge in [0.15, 0.2) is 0 Å². The molecule has 0 aromatic heterocycles. The number of carbonyl (C=O) groups is 2. The van der Waals surface area contributed by atoms with Crippen molar-refractivity contribution in [3.63, 3.8) is 0 Å². The van der Waals surface area contributed by atoms with Crippen LogP contribution in [0.4, 0.5) is 0 Å². The predicted octanol–water partition coefficient (Wildman–Crippen LogP) is 2.13. The molecule has 0 N–H and O–H groups in total. The third-order valence-electron chi connectivity index (χ3n) is 2.03. The lowest BCUT2D eigenvalue weighted by Crippen LogP contribution is -2.08. The van der Waals surface area contributed by atoms with Crippen LogP contribution >= 0.6 is 0 Å². The van der Waals surface area contributed by atoms with Crippen LogP contribution in [-0.4, -0.2) is 17.5 Å². The van der Waals surface area contributed by atoms with Crippen molar-refractivity contribution >= 4 is 17.5 Å². The highest BCUT2D eigenvalue weighted by Crippen LogP contribution is 2.02. The molecule has 0 aliphatic carbocycles. The number of nitrogens with zero attached hydrogens (tertiary/aromatic N) is 1. The molecule has 1 rings (SSSR count). The van der Waals surface area contributed by atoms with Crippen LogP contribution in [0.1, 0.15) is 25.8 Å². The molecule has 0 atom stereocenters. The van der Waals surface area contributed by atoms with Crippen LogP contribution in [0, 0.1) is 0 Å². The van der Waals surface area contributed by atoms with Crippen molar-refractivity contribution in [1.29, 1.82) is 0 Å². The SMILES string of the molecule is CC(=O)ON=C(C)CC(=O)Cc1ccccc1. The molecule has 1 aromatic rings. The maximum Gasteiger partial charge on any atom is 0.331 e. The van der Waals surface area contributed by atoms with E-state index in [1.165, 1.54) is 6.92 Å². The maximum absolute atomic E-state index is 11.6. The first kappa shape index (κ1) is 13.1. The second-order valence-corrected chi connectivity index (χ2v) is 3.79. The van der Waals surface area contributed by atoms with Gasteiger partial charge >= 0.3 is 5.97 Å². The number of carbonyl (C=O) groups excluding carboxylic acids is 2. The summed E-state index contributed by atoms with van der Waals surface area (Å²) in [5.41, 5.74) is 1.47. The minimum Gasteiger partial charge on any atom is -0.319 e. The first-order chi connectivity index (χ1) is 8.08. The molecular weight excluding hydrogens is 218 g/mol. The fourth-order valence-corrected chi connectivity index (χ4v) is 1.35. The van der Waals surface area contributed by atoms with Gasteiger partial charge in [-0.25, -0.2) is 4.79 Å². The Labute approximate surface area is 100 Å². The monoisotopic (exact) mass is 233 g/mol. The van der Waals surface area contributed by atoms with Crippen molar-refractivity contribution < 1.29 is 14.4 Å². The Kier molecular flexibility index (Phi) is 5.07. The molecule has 17 heavy (non-hydrogen) atoms. The minimum atomic E-state index is -0.486. The Balaban J connectivity index is 2.45. The molecule has 0 bridgehead atoms. The second kappa shape index (κ2) is 6.58. The van der Waals surface area contributed by atoms with E-state index in [0.29, 0.717) is 12.1 Å². The van der Waals surface area contributed by atoms with Crippen molar-refractivity contribution in [2.45, 2.75) is 26.7 Å². The number of benzene rings is 1. The first-order valence-electron chi connectivity index (χ1n) is 5.34. The molecule has 90 valence electrons. The minimum absolute atomic E-state index is 0.0459. The van der Waals surface area contributed by atoms with Gasteiger partial charge in [-0.05, 0) is 12.5 Å². The van der Waals surface area contributed by atoms with Gasteiger partial charge in [0, 0.05) is 19.8 Å². The first-order valence-corrected chi connectivity index (χ1v) is 5.34. The van der Waals surface area contributed by atoms with Crippen LogP contribution in [0.2, 0.25) is 0 Å². The molecule has 0 aliphatic heterocycles. The molecular formula is C13H15NO3. The zero-order chi connectivity index (χ0) is 12.7. The average Bonchev–Trinajstić information content (AvgIpc) is 2.27. The van der Waals surface area contributed by atoms with Gasteiger partial charge in [0.1, 0.15) is 5.78 Å². The number of oxime groups is 1. The van der Waals surface area contributed by atoms with E-state index in [4.69, 9.17) is 0 Å². The zero-order valence-electron chi connectivity index (χ0n) is 9.97. The molecule has 4 nitrogen and oxygen atoms in total. The van der Waals surface area contributed by atoms with Crippen molar-refractivity contribution in [1.82, 2.24) is 0 Å². The number of ketones is 1. The largest absolute Gasteiger partial charge is 0.331 e. The maximum atomic E-state index is 11.6. The van der Waals surface area contributed by atoms with Crippen LogP contribution < -0.4 is 0 Å². The van der Waals surface area contributed by atoms with Gasteiger partial charge in [0.25, 0.3) is 0 Å². The Morgan fingerprint density at radius 1 is 1.18 bits per heavy atom. The number of hydrogen-bond acceptors (Lipinski definition) is 4. The lowest BCUT2D eigenvalue weighted by Gasteiger charge is -2.00. The van der Waals surface area contributed by atoms with E-state index in [0.717, 1.165) is 5.56 Å². The number of rotatable bonds is 5. The zero-order valence-corrected chi connectivity index (χ0v) is 9.97. The fourth-order valence-electron chi connectivity index (χ4n) is 1.35. The molecule has 0 saturated carbocycles. The van der Waals surface area contributed by atoms with Crippen LogP contribution in [0.3, 0.4) is 0 Å². The van der Waals surface area contributed by atoms with Crippen molar-refractivity contribution in [2.75, 3.05) is 0 Å². The summed E-state index contributed by atoms with van der Waals surface area (Å²) < 4.78 is 0. The molecule has 0 amide bonds. The summed E-state index contributed by atoms with van der Waals surface area (Å²) in [6.07, 6.45) is 0.565. The topological polar surface area (TPSA) is 55.7 Å². The van der Waals surface area contributed by atoms with Crippen molar-refractivity contribution in [3.05, 3.63) is 35.9 Å². The predicted molar refractivity (Wildman–Crippen MR) is 64.6 cm³/mol. The van der Waals surface area contributed by atoms with Gasteiger partial charge in [-0.3, -0.25) is 4.79 Å².